The predicted molar refractivity (Wildman–Crippen MR) is 53.6 cm³/mol. The molecule has 0 saturated heterocycles. The van der Waals surface area contributed by atoms with Gasteiger partial charge in [-0.1, -0.05) is 15.9 Å². The second-order valence-corrected chi connectivity index (χ2v) is 5.93. The third kappa shape index (κ3) is 1.58. The zero-order valence-electron chi connectivity index (χ0n) is 6.75. The molecule has 0 fully saturated rings. The molecule has 0 bridgehead atoms. The summed E-state index contributed by atoms with van der Waals surface area (Å²) in [6.07, 6.45) is 0. The topological polar surface area (TPSA) is 50.2 Å². The van der Waals surface area contributed by atoms with Gasteiger partial charge in [0.2, 0.25) is 0 Å². The summed E-state index contributed by atoms with van der Waals surface area (Å²) >= 11 is 3.28. The van der Waals surface area contributed by atoms with E-state index in [-0.39, 0.29) is 5.75 Å². The van der Waals surface area contributed by atoms with Crippen LogP contribution in [0.15, 0.2) is 27.6 Å². The van der Waals surface area contributed by atoms with Crippen LogP contribution in [-0.2, 0) is 9.73 Å². The number of ether oxygens (including phenoxy) is 1. The van der Waals surface area contributed by atoms with Crippen LogP contribution < -0.4 is 4.74 Å². The van der Waals surface area contributed by atoms with Gasteiger partial charge in [0.25, 0.3) is 0 Å². The molecule has 70 valence electrons. The fourth-order valence-electron chi connectivity index (χ4n) is 1.24. The molecular formula is C8H8BrNO2S. The summed E-state index contributed by atoms with van der Waals surface area (Å²) in [6, 6.07) is 5.26. The van der Waals surface area contributed by atoms with E-state index in [0.29, 0.717) is 17.3 Å². The van der Waals surface area contributed by atoms with E-state index in [4.69, 9.17) is 9.52 Å². The molecule has 0 spiro atoms. The Morgan fingerprint density at radius 3 is 3.08 bits per heavy atom. The van der Waals surface area contributed by atoms with Crippen LogP contribution in [-0.4, -0.2) is 16.6 Å². The molecule has 13 heavy (non-hydrogen) atoms. The molecule has 1 aliphatic rings. The average molecular weight is 262 g/mol. The first-order chi connectivity index (χ1) is 6.09. The largest absolute Gasteiger partial charge is 0.491 e. The smallest absolute Gasteiger partial charge is 0.136 e. The van der Waals surface area contributed by atoms with Gasteiger partial charge >= 0.3 is 0 Å². The number of fused-ring (bicyclic) bond motifs is 1. The molecule has 1 heterocycles. The molecule has 1 unspecified atom stereocenters. The predicted octanol–water partition coefficient (Wildman–Crippen LogP) is 2.25. The highest BCUT2D eigenvalue weighted by Gasteiger charge is 2.21. The minimum Gasteiger partial charge on any atom is -0.491 e. The first-order valence-electron chi connectivity index (χ1n) is 3.78. The highest BCUT2D eigenvalue weighted by molar-refractivity contribution is 9.10. The minimum absolute atomic E-state index is 0.288. The Morgan fingerprint density at radius 2 is 2.31 bits per heavy atom. The molecular weight excluding hydrogens is 254 g/mol. The molecule has 0 radical (unpaired) electrons. The summed E-state index contributed by atoms with van der Waals surface area (Å²) in [6.45, 7) is 0.372. The van der Waals surface area contributed by atoms with Gasteiger partial charge in [-0.25, -0.2) is 8.99 Å². The molecule has 1 N–H and O–H groups in total. The van der Waals surface area contributed by atoms with Crippen LogP contribution in [0.25, 0.3) is 0 Å². The average Bonchev–Trinajstić information content (AvgIpc) is 2.06. The van der Waals surface area contributed by atoms with Crippen molar-refractivity contribution in [1.82, 2.24) is 0 Å². The molecule has 5 heteroatoms. The lowest BCUT2D eigenvalue weighted by Gasteiger charge is -2.19. The van der Waals surface area contributed by atoms with E-state index in [0.717, 1.165) is 4.47 Å². The zero-order valence-corrected chi connectivity index (χ0v) is 9.15. The third-order valence-electron chi connectivity index (χ3n) is 1.89. The van der Waals surface area contributed by atoms with Gasteiger partial charge in [0, 0.05) is 4.47 Å². The van der Waals surface area contributed by atoms with Crippen LogP contribution in [0.4, 0.5) is 0 Å². The van der Waals surface area contributed by atoms with E-state index in [9.17, 15) is 4.21 Å². The second-order valence-electron chi connectivity index (χ2n) is 2.82. The number of rotatable bonds is 0. The monoisotopic (exact) mass is 261 g/mol. The van der Waals surface area contributed by atoms with Crippen LogP contribution in [0.2, 0.25) is 0 Å². The first-order valence-corrected chi connectivity index (χ1v) is 6.30. The number of hydrogen-bond donors (Lipinski definition) is 1. The van der Waals surface area contributed by atoms with Crippen molar-refractivity contribution in [2.75, 3.05) is 12.4 Å². The van der Waals surface area contributed by atoms with Crippen LogP contribution in [0, 0.1) is 4.78 Å². The summed E-state index contributed by atoms with van der Waals surface area (Å²) in [4.78, 5) is 0.508. The Balaban J connectivity index is 2.68. The molecule has 0 aromatic heterocycles. The standard InChI is InChI=1S/C8H8BrNO2S/c9-6-1-2-7-8(5-6)13(10,11)4-3-12-7/h1-2,5,10H,3-4H2. The van der Waals surface area contributed by atoms with E-state index < -0.39 is 9.73 Å². The van der Waals surface area contributed by atoms with E-state index in [1.165, 1.54) is 0 Å². The van der Waals surface area contributed by atoms with Crippen molar-refractivity contribution in [3.05, 3.63) is 22.7 Å². The molecule has 2 rings (SSSR count). The number of halogens is 1. The van der Waals surface area contributed by atoms with Gasteiger partial charge in [0.05, 0.1) is 20.4 Å². The number of nitrogens with one attached hydrogen (secondary N) is 1. The van der Waals surface area contributed by atoms with Gasteiger partial charge in [-0.05, 0) is 18.2 Å². The summed E-state index contributed by atoms with van der Waals surface area (Å²) in [5, 5.41) is 0. The van der Waals surface area contributed by atoms with Gasteiger partial charge in [-0.2, -0.15) is 0 Å². The lowest BCUT2D eigenvalue weighted by molar-refractivity contribution is 0.325. The quantitative estimate of drug-likeness (QED) is 0.779. The summed E-state index contributed by atoms with van der Waals surface area (Å²) in [7, 11) is -2.62. The highest BCUT2D eigenvalue weighted by Crippen LogP contribution is 2.31. The zero-order chi connectivity index (χ0) is 9.47. The maximum absolute atomic E-state index is 11.7. The van der Waals surface area contributed by atoms with Crippen LogP contribution in [0.5, 0.6) is 5.75 Å². The van der Waals surface area contributed by atoms with Crippen LogP contribution >= 0.6 is 15.9 Å². The molecule has 1 aromatic carbocycles. The van der Waals surface area contributed by atoms with Crippen molar-refractivity contribution < 1.29 is 8.95 Å². The van der Waals surface area contributed by atoms with Crippen LogP contribution in [0.1, 0.15) is 0 Å². The van der Waals surface area contributed by atoms with Crippen molar-refractivity contribution in [1.29, 1.82) is 4.78 Å². The third-order valence-corrected chi connectivity index (χ3v) is 4.15. The molecule has 1 atom stereocenters. The fraction of sp³-hybridized carbons (Fsp3) is 0.250. The van der Waals surface area contributed by atoms with Crippen molar-refractivity contribution >= 4 is 25.7 Å². The SMILES string of the molecule is N=S1(=O)CCOc2ccc(Br)cc21. The Kier molecular flexibility index (Phi) is 2.08. The van der Waals surface area contributed by atoms with Crippen molar-refractivity contribution in [2.24, 2.45) is 0 Å². The summed E-state index contributed by atoms with van der Waals surface area (Å²) < 4.78 is 25.5. The lowest BCUT2D eigenvalue weighted by Crippen LogP contribution is -2.19. The highest BCUT2D eigenvalue weighted by atomic mass is 79.9. The molecule has 0 amide bonds. The summed E-state index contributed by atoms with van der Waals surface area (Å²) in [5.41, 5.74) is 0. The summed E-state index contributed by atoms with van der Waals surface area (Å²) in [5.74, 6) is 0.866. The Bertz CT molecular complexity index is 441. The lowest BCUT2D eigenvalue weighted by atomic mass is 10.3. The Morgan fingerprint density at radius 1 is 1.54 bits per heavy atom. The normalized spacial score (nSPS) is 26.2. The number of hydrogen-bond acceptors (Lipinski definition) is 3. The van der Waals surface area contributed by atoms with Gasteiger partial charge in [-0.3, -0.25) is 0 Å². The van der Waals surface area contributed by atoms with Crippen LogP contribution in [0.3, 0.4) is 0 Å². The molecule has 0 aliphatic carbocycles. The van der Waals surface area contributed by atoms with E-state index in [1.807, 2.05) is 6.07 Å². The van der Waals surface area contributed by atoms with Gasteiger partial charge in [-0.15, -0.1) is 0 Å². The molecule has 1 aromatic rings. The van der Waals surface area contributed by atoms with E-state index >= 15 is 0 Å². The van der Waals surface area contributed by atoms with Crippen molar-refractivity contribution in [3.63, 3.8) is 0 Å². The van der Waals surface area contributed by atoms with Crippen molar-refractivity contribution in [2.45, 2.75) is 4.90 Å². The molecule has 1 aliphatic heterocycles. The molecule has 0 saturated carbocycles. The Hall–Kier alpha value is -0.550. The number of benzene rings is 1. The first kappa shape index (κ1) is 9.02. The maximum atomic E-state index is 11.7. The van der Waals surface area contributed by atoms with E-state index in [1.54, 1.807) is 12.1 Å². The Labute approximate surface area is 85.2 Å². The maximum Gasteiger partial charge on any atom is 0.136 e. The van der Waals surface area contributed by atoms with Crippen molar-refractivity contribution in [3.8, 4) is 5.75 Å². The fourth-order valence-corrected chi connectivity index (χ4v) is 3.06. The second kappa shape index (κ2) is 2.99. The van der Waals surface area contributed by atoms with E-state index in [2.05, 4.69) is 15.9 Å². The van der Waals surface area contributed by atoms with Gasteiger partial charge in [0.1, 0.15) is 12.4 Å². The van der Waals surface area contributed by atoms with Gasteiger partial charge in [0.15, 0.2) is 0 Å². The minimum atomic E-state index is -2.62. The molecule has 3 nitrogen and oxygen atoms in total. The van der Waals surface area contributed by atoms with Gasteiger partial charge < -0.3 is 4.74 Å².